The fraction of sp³-hybridized carbons (Fsp3) is 0.100. The summed E-state index contributed by atoms with van der Waals surface area (Å²) in [6.07, 6.45) is 0. The molecule has 6 aromatic carbocycles. The number of fused-ring (bicyclic) bond motifs is 17. The molecule has 42 heavy (non-hydrogen) atoms. The molecule has 0 bridgehead atoms. The second-order valence-electron chi connectivity index (χ2n) is 11.9. The SMILES string of the molecule is c1ccc2c(c1)Sc1ccccc1C21c2ccccc2C2C1c1ccccc1C21c2ccccc2Sc2ccccc21. The van der Waals surface area contributed by atoms with Gasteiger partial charge < -0.3 is 0 Å². The van der Waals surface area contributed by atoms with Crippen LogP contribution in [0.1, 0.15) is 56.3 Å². The van der Waals surface area contributed by atoms with Gasteiger partial charge >= 0.3 is 0 Å². The zero-order chi connectivity index (χ0) is 27.5. The second kappa shape index (κ2) is 8.31. The van der Waals surface area contributed by atoms with Crippen LogP contribution in [-0.2, 0) is 10.8 Å². The Labute approximate surface area is 254 Å². The van der Waals surface area contributed by atoms with Gasteiger partial charge in [0.2, 0.25) is 0 Å². The van der Waals surface area contributed by atoms with Crippen molar-refractivity contribution in [3.63, 3.8) is 0 Å². The molecule has 4 aliphatic rings. The summed E-state index contributed by atoms with van der Waals surface area (Å²) in [5, 5.41) is 0. The molecule has 6 aromatic rings. The van der Waals surface area contributed by atoms with E-state index in [1.54, 1.807) is 0 Å². The number of rotatable bonds is 0. The molecule has 2 unspecified atom stereocenters. The summed E-state index contributed by atoms with van der Waals surface area (Å²) in [5.74, 6) is 0.497. The second-order valence-corrected chi connectivity index (χ2v) is 14.1. The van der Waals surface area contributed by atoms with E-state index < -0.39 is 0 Å². The first-order valence-corrected chi connectivity index (χ1v) is 16.4. The van der Waals surface area contributed by atoms with Gasteiger partial charge in [0.05, 0.1) is 10.8 Å². The van der Waals surface area contributed by atoms with Crippen LogP contribution in [0.4, 0.5) is 0 Å². The van der Waals surface area contributed by atoms with Gasteiger partial charge in [-0.3, -0.25) is 0 Å². The lowest BCUT2D eigenvalue weighted by Crippen LogP contribution is -2.39. The summed E-state index contributed by atoms with van der Waals surface area (Å²) in [6, 6.07) is 55.8. The molecule has 0 fully saturated rings. The topological polar surface area (TPSA) is 0 Å². The Hall–Kier alpha value is -3.98. The fourth-order valence-corrected chi connectivity index (χ4v) is 11.6. The van der Waals surface area contributed by atoms with Crippen molar-refractivity contribution >= 4 is 23.5 Å². The maximum Gasteiger partial charge on any atom is 0.0551 e. The van der Waals surface area contributed by atoms with Crippen molar-refractivity contribution in [2.75, 3.05) is 0 Å². The van der Waals surface area contributed by atoms with E-state index in [1.807, 2.05) is 23.5 Å². The third-order valence-electron chi connectivity index (χ3n) is 10.4. The first kappa shape index (κ1) is 23.6. The van der Waals surface area contributed by atoms with Crippen molar-refractivity contribution in [2.24, 2.45) is 0 Å². The minimum Gasteiger partial charge on any atom is -0.0894 e. The zero-order valence-corrected chi connectivity index (χ0v) is 24.5. The molecular formula is C40H26S2. The summed E-state index contributed by atoms with van der Waals surface area (Å²) in [5.41, 5.74) is 11.2. The average molecular weight is 571 g/mol. The fourth-order valence-electron chi connectivity index (χ4n) is 9.22. The van der Waals surface area contributed by atoms with Crippen LogP contribution in [0.2, 0.25) is 0 Å². The van der Waals surface area contributed by atoms with E-state index in [1.165, 1.54) is 64.1 Å². The van der Waals surface area contributed by atoms with E-state index in [0.717, 1.165) is 0 Å². The number of hydrogen-bond acceptors (Lipinski definition) is 2. The Morgan fingerprint density at radius 3 is 0.905 bits per heavy atom. The van der Waals surface area contributed by atoms with Crippen molar-refractivity contribution < 1.29 is 0 Å². The minimum absolute atomic E-state index is 0.249. The van der Waals surface area contributed by atoms with E-state index in [0.29, 0.717) is 0 Å². The molecule has 0 saturated carbocycles. The molecule has 2 heterocycles. The van der Waals surface area contributed by atoms with E-state index in [2.05, 4.69) is 146 Å². The van der Waals surface area contributed by atoms with Gasteiger partial charge in [0.25, 0.3) is 0 Å². The van der Waals surface area contributed by atoms with E-state index >= 15 is 0 Å². The van der Waals surface area contributed by atoms with Gasteiger partial charge in [0, 0.05) is 31.4 Å². The van der Waals surface area contributed by atoms with Gasteiger partial charge in [0.15, 0.2) is 0 Å². The Morgan fingerprint density at radius 2 is 0.571 bits per heavy atom. The van der Waals surface area contributed by atoms with Gasteiger partial charge in [-0.15, -0.1) is 0 Å². The summed E-state index contributed by atoms with van der Waals surface area (Å²) >= 11 is 3.87. The Morgan fingerprint density at radius 1 is 0.310 bits per heavy atom. The smallest absolute Gasteiger partial charge is 0.0551 e. The predicted molar refractivity (Wildman–Crippen MR) is 172 cm³/mol. The third kappa shape index (κ3) is 2.61. The first-order valence-electron chi connectivity index (χ1n) is 14.8. The van der Waals surface area contributed by atoms with Crippen molar-refractivity contribution in [1.82, 2.24) is 0 Å². The molecular weight excluding hydrogens is 545 g/mol. The molecule has 0 nitrogen and oxygen atoms in total. The molecule has 0 radical (unpaired) electrons. The van der Waals surface area contributed by atoms with E-state index in [9.17, 15) is 0 Å². The Kier molecular flexibility index (Phi) is 4.66. The molecule has 0 amide bonds. The molecule has 2 heteroatoms. The lowest BCUT2D eigenvalue weighted by molar-refractivity contribution is 0.400. The summed E-state index contributed by atoms with van der Waals surface area (Å²) in [7, 11) is 0. The van der Waals surface area contributed by atoms with Crippen molar-refractivity contribution in [1.29, 1.82) is 0 Å². The van der Waals surface area contributed by atoms with Crippen LogP contribution in [0.25, 0.3) is 0 Å². The molecule has 2 spiro atoms. The van der Waals surface area contributed by atoms with Crippen LogP contribution < -0.4 is 0 Å². The lowest BCUT2D eigenvalue weighted by Gasteiger charge is -2.45. The van der Waals surface area contributed by atoms with Crippen LogP contribution in [0, 0.1) is 0 Å². The maximum atomic E-state index is 2.45. The van der Waals surface area contributed by atoms with Crippen LogP contribution in [0.15, 0.2) is 165 Å². The average Bonchev–Trinajstić information content (AvgIpc) is 3.52. The highest BCUT2D eigenvalue weighted by Crippen LogP contribution is 2.76. The van der Waals surface area contributed by atoms with Crippen LogP contribution in [-0.4, -0.2) is 0 Å². The van der Waals surface area contributed by atoms with Crippen molar-refractivity contribution in [3.8, 4) is 0 Å². The van der Waals surface area contributed by atoms with Gasteiger partial charge in [-0.25, -0.2) is 0 Å². The highest BCUT2D eigenvalue weighted by Gasteiger charge is 2.68. The van der Waals surface area contributed by atoms with E-state index in [-0.39, 0.29) is 22.7 Å². The third-order valence-corrected chi connectivity index (χ3v) is 12.7. The highest BCUT2D eigenvalue weighted by molar-refractivity contribution is 7.99. The number of hydrogen-bond donors (Lipinski definition) is 0. The molecule has 0 N–H and O–H groups in total. The van der Waals surface area contributed by atoms with Gasteiger partial charge in [-0.05, 0) is 68.8 Å². The van der Waals surface area contributed by atoms with Crippen LogP contribution in [0.5, 0.6) is 0 Å². The normalized spacial score (nSPS) is 20.6. The van der Waals surface area contributed by atoms with Crippen molar-refractivity contribution in [3.05, 3.63) is 190 Å². The monoisotopic (exact) mass is 570 g/mol. The number of benzene rings is 6. The summed E-state index contributed by atoms with van der Waals surface area (Å²) in [4.78, 5) is 5.52. The van der Waals surface area contributed by atoms with Crippen LogP contribution in [0.3, 0.4) is 0 Å². The zero-order valence-electron chi connectivity index (χ0n) is 22.8. The largest absolute Gasteiger partial charge is 0.0894 e. The van der Waals surface area contributed by atoms with Gasteiger partial charge in [-0.2, -0.15) is 0 Å². The molecule has 2 aliphatic heterocycles. The van der Waals surface area contributed by atoms with Crippen molar-refractivity contribution in [2.45, 2.75) is 42.2 Å². The Balaban J connectivity index is 1.42. The molecule has 2 aliphatic carbocycles. The molecule has 0 aromatic heterocycles. The molecule has 0 saturated heterocycles. The maximum absolute atomic E-state index is 2.45. The van der Waals surface area contributed by atoms with Crippen LogP contribution >= 0.6 is 23.5 Å². The standard InChI is InChI=1S/C40H26S2/c1-3-15-27-25(13-1)37-38(39(27)29-17-5-9-21-33(29)41-34-22-10-6-18-30(34)39)26-14-2-4-16-28(26)40(37)31-19-7-11-23-35(31)42-36-24-12-8-20-32(36)40/h1-24,37-38H. The molecule has 10 rings (SSSR count). The quantitative estimate of drug-likeness (QED) is 0.178. The predicted octanol–water partition coefficient (Wildman–Crippen LogP) is 10.2. The van der Waals surface area contributed by atoms with Gasteiger partial charge in [0.1, 0.15) is 0 Å². The highest BCUT2D eigenvalue weighted by atomic mass is 32.2. The van der Waals surface area contributed by atoms with E-state index in [4.69, 9.17) is 0 Å². The summed E-state index contributed by atoms with van der Waals surface area (Å²) < 4.78 is 0. The molecule has 2 atom stereocenters. The minimum atomic E-state index is -0.284. The summed E-state index contributed by atoms with van der Waals surface area (Å²) in [6.45, 7) is 0. The first-order chi connectivity index (χ1) is 20.8. The van der Waals surface area contributed by atoms with Gasteiger partial charge in [-0.1, -0.05) is 145 Å². The lowest BCUT2D eigenvalue weighted by atomic mass is 9.60. The Bertz CT molecular complexity index is 1850. The molecule has 198 valence electrons.